The van der Waals surface area contributed by atoms with Gasteiger partial charge in [0.15, 0.2) is 0 Å². The molecule has 0 N–H and O–H groups in total. The molecule has 0 bridgehead atoms. The van der Waals surface area contributed by atoms with Crippen LogP contribution >= 0.6 is 11.6 Å². The van der Waals surface area contributed by atoms with Gasteiger partial charge in [-0.25, -0.2) is 4.79 Å². The predicted molar refractivity (Wildman–Crippen MR) is 63.1 cm³/mol. The molecule has 0 fully saturated rings. The zero-order chi connectivity index (χ0) is 12.1. The van der Waals surface area contributed by atoms with Crippen molar-refractivity contribution in [3.05, 3.63) is 40.9 Å². The van der Waals surface area contributed by atoms with Crippen LogP contribution in [0.3, 0.4) is 0 Å². The Morgan fingerprint density at radius 1 is 1.44 bits per heavy atom. The molecule has 0 saturated carbocycles. The van der Waals surface area contributed by atoms with Gasteiger partial charge < -0.3 is 9.47 Å². The number of ether oxygens (including phenoxy) is 2. The summed E-state index contributed by atoms with van der Waals surface area (Å²) in [5, 5.41) is 0.673. The summed E-state index contributed by atoms with van der Waals surface area (Å²) in [6, 6.07) is 3.37. The van der Waals surface area contributed by atoms with E-state index in [1.807, 2.05) is 13.8 Å². The highest BCUT2D eigenvalue weighted by atomic mass is 35.5. The Bertz CT molecular complexity index is 390. The Hall–Kier alpha value is -1.48. The van der Waals surface area contributed by atoms with Gasteiger partial charge in [-0.15, -0.1) is 0 Å². The van der Waals surface area contributed by atoms with E-state index in [4.69, 9.17) is 21.1 Å². The second kappa shape index (κ2) is 5.56. The van der Waals surface area contributed by atoms with Gasteiger partial charge in [-0.2, -0.15) is 0 Å². The monoisotopic (exact) mass is 240 g/mol. The number of rotatable bonds is 3. The second-order valence-corrected chi connectivity index (χ2v) is 3.70. The van der Waals surface area contributed by atoms with Gasteiger partial charge in [0.1, 0.15) is 12.4 Å². The Labute approximate surface area is 99.6 Å². The minimum Gasteiger partial charge on any atom is -0.430 e. The smallest absolute Gasteiger partial charge is 0.430 e. The molecule has 4 heteroatoms. The van der Waals surface area contributed by atoms with Crippen LogP contribution in [0.15, 0.2) is 24.8 Å². The van der Waals surface area contributed by atoms with Crippen LogP contribution in [0.4, 0.5) is 4.79 Å². The lowest BCUT2D eigenvalue weighted by molar-refractivity contribution is 0.109. The van der Waals surface area contributed by atoms with E-state index in [0.29, 0.717) is 10.8 Å². The summed E-state index contributed by atoms with van der Waals surface area (Å²) in [5.41, 5.74) is 1.71. The molecule has 0 saturated heterocycles. The van der Waals surface area contributed by atoms with E-state index in [-0.39, 0.29) is 6.61 Å². The number of halogens is 1. The SMILES string of the molecule is C=CCOC(=O)Oc1cc(C)c(Cl)c(C)c1. The zero-order valence-corrected chi connectivity index (χ0v) is 10.0. The minimum atomic E-state index is -0.749. The minimum absolute atomic E-state index is 0.129. The van der Waals surface area contributed by atoms with Crippen LogP contribution < -0.4 is 4.74 Å². The van der Waals surface area contributed by atoms with Crippen molar-refractivity contribution in [3.8, 4) is 5.75 Å². The molecule has 1 aromatic rings. The first kappa shape index (κ1) is 12.6. The molecule has 1 rings (SSSR count). The van der Waals surface area contributed by atoms with Gasteiger partial charge in [0.05, 0.1) is 0 Å². The molecule has 1 aromatic carbocycles. The van der Waals surface area contributed by atoms with Crippen molar-refractivity contribution in [3.63, 3.8) is 0 Å². The largest absolute Gasteiger partial charge is 0.514 e. The molecule has 0 radical (unpaired) electrons. The molecule has 0 unspecified atom stereocenters. The Balaban J connectivity index is 2.74. The maximum absolute atomic E-state index is 11.2. The van der Waals surface area contributed by atoms with E-state index in [1.165, 1.54) is 6.08 Å². The van der Waals surface area contributed by atoms with Crippen LogP contribution in [-0.2, 0) is 4.74 Å². The molecular formula is C12H13ClO3. The number of hydrogen-bond acceptors (Lipinski definition) is 3. The van der Waals surface area contributed by atoms with Crippen molar-refractivity contribution < 1.29 is 14.3 Å². The molecule has 0 atom stereocenters. The first-order chi connectivity index (χ1) is 7.54. The molecule has 0 aliphatic carbocycles. The number of hydrogen-bond donors (Lipinski definition) is 0. The van der Waals surface area contributed by atoms with E-state index in [9.17, 15) is 4.79 Å². The molecule has 0 heterocycles. The average Bonchev–Trinajstić information content (AvgIpc) is 2.23. The zero-order valence-electron chi connectivity index (χ0n) is 9.25. The normalized spacial score (nSPS) is 9.69. The number of carbonyl (C=O) groups excluding carboxylic acids is 1. The molecule has 0 aliphatic heterocycles. The lowest BCUT2D eigenvalue weighted by Crippen LogP contribution is -2.10. The van der Waals surface area contributed by atoms with Gasteiger partial charge in [0.2, 0.25) is 0 Å². The van der Waals surface area contributed by atoms with Crippen molar-refractivity contribution in [2.75, 3.05) is 6.61 Å². The molecule has 16 heavy (non-hydrogen) atoms. The highest BCUT2D eigenvalue weighted by Gasteiger charge is 2.08. The predicted octanol–water partition coefficient (Wildman–Crippen LogP) is 3.66. The molecule has 86 valence electrons. The summed E-state index contributed by atoms with van der Waals surface area (Å²) in [5.74, 6) is 0.425. The summed E-state index contributed by atoms with van der Waals surface area (Å²) >= 11 is 5.98. The summed E-state index contributed by atoms with van der Waals surface area (Å²) in [6.07, 6.45) is 0.723. The van der Waals surface area contributed by atoms with Crippen molar-refractivity contribution in [1.82, 2.24) is 0 Å². The van der Waals surface area contributed by atoms with Crippen molar-refractivity contribution >= 4 is 17.8 Å². The van der Waals surface area contributed by atoms with Gasteiger partial charge in [0.25, 0.3) is 0 Å². The number of benzene rings is 1. The fourth-order valence-corrected chi connectivity index (χ4v) is 1.33. The third-order valence-corrected chi connectivity index (χ3v) is 2.53. The fourth-order valence-electron chi connectivity index (χ4n) is 1.22. The van der Waals surface area contributed by atoms with E-state index in [0.717, 1.165) is 11.1 Å². The van der Waals surface area contributed by atoms with Crippen molar-refractivity contribution in [1.29, 1.82) is 0 Å². The van der Waals surface area contributed by atoms with Gasteiger partial charge >= 0.3 is 6.16 Å². The second-order valence-electron chi connectivity index (χ2n) is 3.32. The Morgan fingerprint density at radius 3 is 2.50 bits per heavy atom. The summed E-state index contributed by atoms with van der Waals surface area (Å²) in [6.45, 7) is 7.25. The first-order valence-electron chi connectivity index (χ1n) is 4.77. The molecule has 3 nitrogen and oxygen atoms in total. The van der Waals surface area contributed by atoms with Crippen molar-refractivity contribution in [2.45, 2.75) is 13.8 Å². The lowest BCUT2D eigenvalue weighted by atomic mass is 10.1. The fraction of sp³-hybridized carbons (Fsp3) is 0.250. The molecule has 0 aliphatic rings. The van der Waals surface area contributed by atoms with Crippen LogP contribution in [0.25, 0.3) is 0 Å². The van der Waals surface area contributed by atoms with Gasteiger partial charge in [-0.3, -0.25) is 0 Å². The summed E-state index contributed by atoms with van der Waals surface area (Å²) in [7, 11) is 0. The summed E-state index contributed by atoms with van der Waals surface area (Å²) in [4.78, 5) is 11.2. The topological polar surface area (TPSA) is 35.5 Å². The standard InChI is InChI=1S/C12H13ClO3/c1-4-5-15-12(14)16-10-6-8(2)11(13)9(3)7-10/h4,6-7H,1,5H2,2-3H3. The van der Waals surface area contributed by atoms with E-state index < -0.39 is 6.16 Å². The van der Waals surface area contributed by atoms with Crippen LogP contribution in [0.5, 0.6) is 5.75 Å². The molecule has 0 aromatic heterocycles. The number of carbonyl (C=O) groups is 1. The van der Waals surface area contributed by atoms with Crippen LogP contribution in [0, 0.1) is 13.8 Å². The third-order valence-electron chi connectivity index (χ3n) is 1.93. The van der Waals surface area contributed by atoms with Gasteiger partial charge in [-0.1, -0.05) is 24.3 Å². The Morgan fingerprint density at radius 2 is 2.00 bits per heavy atom. The first-order valence-corrected chi connectivity index (χ1v) is 5.14. The van der Waals surface area contributed by atoms with Gasteiger partial charge in [-0.05, 0) is 37.1 Å². The van der Waals surface area contributed by atoms with Crippen LogP contribution in [0.1, 0.15) is 11.1 Å². The molecular weight excluding hydrogens is 228 g/mol. The van der Waals surface area contributed by atoms with E-state index >= 15 is 0 Å². The third kappa shape index (κ3) is 3.28. The quantitative estimate of drug-likeness (QED) is 0.460. The Kier molecular flexibility index (Phi) is 4.38. The maximum atomic E-state index is 11.2. The highest BCUT2D eigenvalue weighted by molar-refractivity contribution is 6.32. The van der Waals surface area contributed by atoms with E-state index in [1.54, 1.807) is 12.1 Å². The maximum Gasteiger partial charge on any atom is 0.514 e. The van der Waals surface area contributed by atoms with Gasteiger partial charge in [0, 0.05) is 5.02 Å². The van der Waals surface area contributed by atoms with Crippen LogP contribution in [0.2, 0.25) is 5.02 Å². The van der Waals surface area contributed by atoms with Crippen molar-refractivity contribution in [2.24, 2.45) is 0 Å². The average molecular weight is 241 g/mol. The molecule has 0 spiro atoms. The molecule has 0 amide bonds. The van der Waals surface area contributed by atoms with Crippen LogP contribution in [-0.4, -0.2) is 12.8 Å². The summed E-state index contributed by atoms with van der Waals surface area (Å²) < 4.78 is 9.66. The van der Waals surface area contributed by atoms with E-state index in [2.05, 4.69) is 6.58 Å². The lowest BCUT2D eigenvalue weighted by Gasteiger charge is -2.08. The number of aryl methyl sites for hydroxylation is 2. The highest BCUT2D eigenvalue weighted by Crippen LogP contribution is 2.25.